The van der Waals surface area contributed by atoms with Crippen molar-refractivity contribution in [3.8, 4) is 0 Å². The van der Waals surface area contributed by atoms with Gasteiger partial charge in [0.25, 0.3) is 0 Å². The molecule has 13 heavy (non-hydrogen) atoms. The monoisotopic (exact) mass is 199 g/mol. The number of carbonyl (C=O) groups excluding carboxylic acids is 1. The van der Waals surface area contributed by atoms with E-state index in [2.05, 4.69) is 17.6 Å². The minimum atomic E-state index is -0.653. The number of carbonyl (C=O) groups is 1. The van der Waals surface area contributed by atoms with Crippen LogP contribution in [-0.4, -0.2) is 10.1 Å². The molecule has 0 aliphatic carbocycles. The van der Waals surface area contributed by atoms with Gasteiger partial charge < -0.3 is 0 Å². The Balaban J connectivity index is 3.30. The predicted octanol–water partition coefficient (Wildman–Crippen LogP) is 2.24. The Hall–Kier alpha value is -0.900. The molecule has 70 valence electrons. The Morgan fingerprint density at radius 3 is 2.62 bits per heavy atom. The zero-order valence-corrected chi connectivity index (χ0v) is 8.36. The topological polar surface area (TPSA) is 30.0 Å². The fourth-order valence-corrected chi connectivity index (χ4v) is 1.37. The molecular formula is C9H10FNOS. The second-order valence-corrected chi connectivity index (χ2v) is 3.26. The van der Waals surface area contributed by atoms with Crippen LogP contribution in [0.4, 0.5) is 4.39 Å². The third-order valence-electron chi connectivity index (χ3n) is 1.84. The largest absolute Gasteiger partial charge is 0.280 e. The maximum absolute atomic E-state index is 12.4. The number of hydrogen-bond donors (Lipinski definition) is 1. The Morgan fingerprint density at radius 1 is 1.54 bits per heavy atom. The van der Waals surface area contributed by atoms with Crippen molar-refractivity contribution >= 4 is 17.7 Å². The molecule has 1 aromatic rings. The van der Waals surface area contributed by atoms with E-state index >= 15 is 0 Å². The van der Waals surface area contributed by atoms with Crippen LogP contribution in [0.1, 0.15) is 27.3 Å². The highest BCUT2D eigenvalue weighted by atomic mass is 32.1. The van der Waals surface area contributed by atoms with Crippen molar-refractivity contribution in [2.24, 2.45) is 0 Å². The summed E-state index contributed by atoms with van der Waals surface area (Å²) in [4.78, 5) is 14.8. The van der Waals surface area contributed by atoms with E-state index in [1.807, 2.05) is 0 Å². The Morgan fingerprint density at radius 2 is 2.15 bits per heavy atom. The number of thiol groups is 1. The van der Waals surface area contributed by atoms with Crippen LogP contribution in [0.5, 0.6) is 0 Å². The Labute approximate surface area is 81.6 Å². The third-order valence-corrected chi connectivity index (χ3v) is 2.05. The van der Waals surface area contributed by atoms with Crippen LogP contribution < -0.4 is 0 Å². The second-order valence-electron chi connectivity index (χ2n) is 2.86. The van der Waals surface area contributed by atoms with Gasteiger partial charge >= 0.3 is 0 Å². The van der Waals surface area contributed by atoms with Crippen molar-refractivity contribution < 1.29 is 9.18 Å². The molecule has 4 heteroatoms. The smallest absolute Gasteiger partial charge is 0.234 e. The van der Waals surface area contributed by atoms with Crippen molar-refractivity contribution in [1.29, 1.82) is 0 Å². The molecule has 0 fully saturated rings. The van der Waals surface area contributed by atoms with E-state index in [-0.39, 0.29) is 5.69 Å². The van der Waals surface area contributed by atoms with Crippen molar-refractivity contribution in [3.63, 3.8) is 0 Å². The zero-order valence-electron chi connectivity index (χ0n) is 7.47. The van der Waals surface area contributed by atoms with Gasteiger partial charge in [-0.15, -0.1) is 0 Å². The number of hydrogen-bond acceptors (Lipinski definition) is 2. The Kier molecular flexibility index (Phi) is 3.03. The molecule has 0 amide bonds. The standard InChI is InChI=1S/C9H10FNOS/c1-5-3-6(2)8(9(12)13)11-7(5)4-10/h3H,4H2,1-2H3,(H,12,13). The lowest BCUT2D eigenvalue weighted by Gasteiger charge is -2.05. The molecule has 0 atom stereocenters. The first kappa shape index (κ1) is 10.2. The molecule has 1 aromatic heterocycles. The molecule has 0 aromatic carbocycles. The van der Waals surface area contributed by atoms with Crippen LogP contribution in [0.2, 0.25) is 0 Å². The predicted molar refractivity (Wildman–Crippen MR) is 51.8 cm³/mol. The second kappa shape index (κ2) is 3.87. The van der Waals surface area contributed by atoms with Gasteiger partial charge in [-0.05, 0) is 25.0 Å². The average Bonchev–Trinajstić information content (AvgIpc) is 2.03. The van der Waals surface area contributed by atoms with Gasteiger partial charge in [0.05, 0.1) is 5.69 Å². The van der Waals surface area contributed by atoms with E-state index < -0.39 is 11.8 Å². The molecule has 1 heterocycles. The fraction of sp³-hybridized carbons (Fsp3) is 0.333. The molecule has 0 unspecified atom stereocenters. The minimum absolute atomic E-state index is 0.238. The molecule has 0 saturated carbocycles. The number of pyridine rings is 1. The van der Waals surface area contributed by atoms with Gasteiger partial charge in [0, 0.05) is 0 Å². The van der Waals surface area contributed by atoms with E-state index in [1.54, 1.807) is 19.9 Å². The highest BCUT2D eigenvalue weighted by molar-refractivity contribution is 7.97. The van der Waals surface area contributed by atoms with E-state index in [4.69, 9.17) is 0 Å². The first-order valence-electron chi connectivity index (χ1n) is 3.82. The van der Waals surface area contributed by atoms with E-state index in [9.17, 15) is 9.18 Å². The Bertz CT molecular complexity index is 352. The van der Waals surface area contributed by atoms with Crippen LogP contribution in [0, 0.1) is 13.8 Å². The number of aryl methyl sites for hydroxylation is 2. The summed E-state index contributed by atoms with van der Waals surface area (Å²) in [6.45, 7) is 2.87. The zero-order chi connectivity index (χ0) is 10.0. The molecule has 1 rings (SSSR count). The number of alkyl halides is 1. The summed E-state index contributed by atoms with van der Waals surface area (Å²) in [6, 6.07) is 1.74. The van der Waals surface area contributed by atoms with Gasteiger partial charge in [-0.1, -0.05) is 18.7 Å². The summed E-state index contributed by atoms with van der Waals surface area (Å²) in [7, 11) is 0. The lowest BCUT2D eigenvalue weighted by atomic mass is 10.1. The van der Waals surface area contributed by atoms with Gasteiger partial charge in [0.1, 0.15) is 12.4 Å². The molecule has 0 radical (unpaired) electrons. The summed E-state index contributed by atoms with van der Waals surface area (Å²) in [6.07, 6.45) is 0. The molecular weight excluding hydrogens is 189 g/mol. The SMILES string of the molecule is Cc1cc(C)c(C(=O)S)nc1CF. The first-order valence-corrected chi connectivity index (χ1v) is 4.27. The van der Waals surface area contributed by atoms with Gasteiger partial charge in [-0.25, -0.2) is 9.37 Å². The third kappa shape index (κ3) is 2.06. The lowest BCUT2D eigenvalue weighted by Crippen LogP contribution is -2.03. The van der Waals surface area contributed by atoms with Crippen LogP contribution in [0.3, 0.4) is 0 Å². The molecule has 0 saturated heterocycles. The van der Waals surface area contributed by atoms with Gasteiger partial charge in [-0.2, -0.15) is 0 Å². The first-order chi connectivity index (χ1) is 6.06. The number of halogens is 1. The van der Waals surface area contributed by atoms with E-state index in [0.717, 1.165) is 11.1 Å². The van der Waals surface area contributed by atoms with Crippen molar-refractivity contribution in [1.82, 2.24) is 4.98 Å². The van der Waals surface area contributed by atoms with Crippen LogP contribution in [0.15, 0.2) is 6.07 Å². The van der Waals surface area contributed by atoms with Gasteiger partial charge in [0.2, 0.25) is 5.12 Å². The highest BCUT2D eigenvalue weighted by Crippen LogP contribution is 2.14. The fourth-order valence-electron chi connectivity index (χ4n) is 1.14. The van der Waals surface area contributed by atoms with Crippen LogP contribution in [-0.2, 0) is 6.67 Å². The quantitative estimate of drug-likeness (QED) is 0.740. The molecule has 2 nitrogen and oxygen atoms in total. The summed E-state index contributed by atoms with van der Waals surface area (Å²) >= 11 is 3.65. The molecule has 0 aliphatic heterocycles. The van der Waals surface area contributed by atoms with Crippen molar-refractivity contribution in [3.05, 3.63) is 28.6 Å². The van der Waals surface area contributed by atoms with Gasteiger partial charge in [0.15, 0.2) is 0 Å². The highest BCUT2D eigenvalue weighted by Gasteiger charge is 2.10. The van der Waals surface area contributed by atoms with Crippen molar-refractivity contribution in [2.75, 3.05) is 0 Å². The minimum Gasteiger partial charge on any atom is -0.280 e. The van der Waals surface area contributed by atoms with Crippen molar-refractivity contribution in [2.45, 2.75) is 20.5 Å². The number of nitrogens with zero attached hydrogens (tertiary/aromatic N) is 1. The summed E-state index contributed by atoms with van der Waals surface area (Å²) in [5, 5.41) is -0.424. The lowest BCUT2D eigenvalue weighted by molar-refractivity contribution is 0.108. The molecule has 0 spiro atoms. The van der Waals surface area contributed by atoms with Crippen LogP contribution in [0.25, 0.3) is 0 Å². The maximum atomic E-state index is 12.4. The summed E-state index contributed by atoms with van der Waals surface area (Å²) in [5.74, 6) is 0. The number of aromatic nitrogens is 1. The van der Waals surface area contributed by atoms with E-state index in [0.29, 0.717) is 5.69 Å². The number of rotatable bonds is 2. The molecule has 0 bridgehead atoms. The summed E-state index contributed by atoms with van der Waals surface area (Å²) in [5.41, 5.74) is 2.04. The average molecular weight is 199 g/mol. The normalized spacial score (nSPS) is 10.2. The van der Waals surface area contributed by atoms with Crippen LogP contribution >= 0.6 is 12.6 Å². The maximum Gasteiger partial charge on any atom is 0.234 e. The molecule has 0 N–H and O–H groups in total. The van der Waals surface area contributed by atoms with Gasteiger partial charge in [-0.3, -0.25) is 4.79 Å². The molecule has 0 aliphatic rings. The van der Waals surface area contributed by atoms with E-state index in [1.165, 1.54) is 0 Å². The summed E-state index contributed by atoms with van der Waals surface area (Å²) < 4.78 is 12.4.